The zero-order chi connectivity index (χ0) is 6.08. The molecule has 0 N–H and O–H groups in total. The minimum Gasteiger partial charge on any atom is -0.0879 e. The second-order valence-corrected chi connectivity index (χ2v) is 5.60. The lowest BCUT2D eigenvalue weighted by molar-refractivity contribution is 0.727. The molecule has 44 valence electrons. The lowest BCUT2D eigenvalue weighted by Crippen LogP contribution is -2.20. The van der Waals surface area contributed by atoms with Gasteiger partial charge in [-0.2, -0.15) is 0 Å². The lowest BCUT2D eigenvalue weighted by Gasteiger charge is -2.18. The fourth-order valence-corrected chi connectivity index (χ4v) is 0. The maximum atomic E-state index is 3.50. The number of hydrogen-bond acceptors (Lipinski definition) is 0. The maximum absolute atomic E-state index is 3.50. The third kappa shape index (κ3) is 3.53. The van der Waals surface area contributed by atoms with Gasteiger partial charge in [0, 0.05) is 9.15 Å². The fourth-order valence-electron chi connectivity index (χ4n) is 0. The van der Waals surface area contributed by atoms with Gasteiger partial charge in [-0.1, -0.05) is 38.8 Å². The Morgan fingerprint density at radius 3 is 1.57 bits per heavy atom. The van der Waals surface area contributed by atoms with Crippen LogP contribution in [0.15, 0.2) is 0 Å². The van der Waals surface area contributed by atoms with Crippen molar-refractivity contribution in [1.29, 1.82) is 0 Å². The Labute approximate surface area is 61.9 Å². The first-order valence-electron chi connectivity index (χ1n) is 2.27. The topological polar surface area (TPSA) is 0 Å². The van der Waals surface area contributed by atoms with Gasteiger partial charge >= 0.3 is 0 Å². The standard InChI is InChI=1S/C5H10Br2/c1-4(6)5(2,3)7/h4H,1-3H3. The van der Waals surface area contributed by atoms with Crippen LogP contribution in [0.25, 0.3) is 0 Å². The van der Waals surface area contributed by atoms with E-state index in [0.717, 1.165) is 0 Å². The molecule has 0 saturated heterocycles. The van der Waals surface area contributed by atoms with Gasteiger partial charge < -0.3 is 0 Å². The Hall–Kier alpha value is 0.960. The van der Waals surface area contributed by atoms with Crippen LogP contribution < -0.4 is 0 Å². The molecule has 0 fully saturated rings. The highest BCUT2D eigenvalue weighted by Gasteiger charge is 2.18. The van der Waals surface area contributed by atoms with Crippen LogP contribution in [0.5, 0.6) is 0 Å². The SMILES string of the molecule is CC(Br)C(C)(C)Br. The van der Waals surface area contributed by atoms with E-state index in [-0.39, 0.29) is 4.32 Å². The van der Waals surface area contributed by atoms with E-state index in [1.807, 2.05) is 0 Å². The monoisotopic (exact) mass is 228 g/mol. The Morgan fingerprint density at radius 2 is 1.57 bits per heavy atom. The molecule has 0 heterocycles. The molecule has 2 heteroatoms. The highest BCUT2D eigenvalue weighted by molar-refractivity contribution is 9.12. The van der Waals surface area contributed by atoms with Crippen molar-refractivity contribution in [3.63, 3.8) is 0 Å². The molecule has 0 aromatic heterocycles. The molecule has 1 unspecified atom stereocenters. The minimum absolute atomic E-state index is 0.229. The van der Waals surface area contributed by atoms with Crippen molar-refractivity contribution >= 4 is 31.9 Å². The summed E-state index contributed by atoms with van der Waals surface area (Å²) in [7, 11) is 0. The summed E-state index contributed by atoms with van der Waals surface area (Å²) in [6.07, 6.45) is 0. The van der Waals surface area contributed by atoms with Crippen LogP contribution >= 0.6 is 31.9 Å². The average molecular weight is 230 g/mol. The first-order chi connectivity index (χ1) is 2.94. The predicted octanol–water partition coefficient (Wildman–Crippen LogP) is 2.94. The molecule has 0 amide bonds. The molecule has 7 heavy (non-hydrogen) atoms. The second-order valence-electron chi connectivity index (χ2n) is 2.18. The van der Waals surface area contributed by atoms with Gasteiger partial charge in [0.15, 0.2) is 0 Å². The maximum Gasteiger partial charge on any atom is 0.0323 e. The van der Waals surface area contributed by atoms with Crippen LogP contribution in [0.4, 0.5) is 0 Å². The molecule has 0 aliphatic rings. The molecular formula is C5H10Br2. The van der Waals surface area contributed by atoms with Gasteiger partial charge in [-0.25, -0.2) is 0 Å². The van der Waals surface area contributed by atoms with Crippen molar-refractivity contribution in [2.24, 2.45) is 0 Å². The van der Waals surface area contributed by atoms with Crippen molar-refractivity contribution in [1.82, 2.24) is 0 Å². The summed E-state index contributed by atoms with van der Waals surface area (Å²) in [6, 6.07) is 0. The van der Waals surface area contributed by atoms with E-state index < -0.39 is 0 Å². The molecule has 1 atom stereocenters. The Bertz CT molecular complexity index is 51.6. The van der Waals surface area contributed by atoms with Gasteiger partial charge in [-0.05, 0) is 13.8 Å². The largest absolute Gasteiger partial charge is 0.0879 e. The lowest BCUT2D eigenvalue weighted by atomic mass is 10.2. The molecule has 0 nitrogen and oxygen atoms in total. The van der Waals surface area contributed by atoms with E-state index in [1.54, 1.807) is 0 Å². The van der Waals surface area contributed by atoms with Crippen LogP contribution in [0.2, 0.25) is 0 Å². The van der Waals surface area contributed by atoms with Gasteiger partial charge in [0.25, 0.3) is 0 Å². The van der Waals surface area contributed by atoms with Gasteiger partial charge in [0.2, 0.25) is 0 Å². The van der Waals surface area contributed by atoms with Crippen LogP contribution in [-0.4, -0.2) is 9.15 Å². The fraction of sp³-hybridized carbons (Fsp3) is 1.00. The molecule has 0 spiro atoms. The smallest absolute Gasteiger partial charge is 0.0323 e. The molecule has 0 saturated carbocycles. The van der Waals surface area contributed by atoms with Crippen LogP contribution in [0, 0.1) is 0 Å². The summed E-state index contributed by atoms with van der Waals surface area (Å²) in [5.41, 5.74) is 0. The Kier molecular flexibility index (Phi) is 2.83. The summed E-state index contributed by atoms with van der Waals surface area (Å²) in [5, 5.41) is 0. The normalized spacial score (nSPS) is 16.7. The van der Waals surface area contributed by atoms with Crippen LogP contribution in [-0.2, 0) is 0 Å². The number of alkyl halides is 2. The molecule has 0 rings (SSSR count). The first kappa shape index (κ1) is 7.96. The summed E-state index contributed by atoms with van der Waals surface area (Å²) >= 11 is 6.94. The Morgan fingerprint density at radius 1 is 1.43 bits per heavy atom. The highest BCUT2D eigenvalue weighted by atomic mass is 79.9. The minimum atomic E-state index is 0.229. The zero-order valence-corrected chi connectivity index (χ0v) is 8.01. The van der Waals surface area contributed by atoms with E-state index in [4.69, 9.17) is 0 Å². The van der Waals surface area contributed by atoms with Gasteiger partial charge in [0.1, 0.15) is 0 Å². The first-order valence-corrected chi connectivity index (χ1v) is 3.98. The van der Waals surface area contributed by atoms with Crippen molar-refractivity contribution in [2.45, 2.75) is 29.9 Å². The van der Waals surface area contributed by atoms with Gasteiger partial charge in [0.05, 0.1) is 0 Å². The summed E-state index contributed by atoms with van der Waals surface area (Å²) in [4.78, 5) is 0.528. The molecule has 0 bridgehead atoms. The highest BCUT2D eigenvalue weighted by Crippen LogP contribution is 2.25. The molecule has 0 aromatic rings. The third-order valence-corrected chi connectivity index (χ3v) is 3.39. The van der Waals surface area contributed by atoms with E-state index in [2.05, 4.69) is 52.6 Å². The number of halogens is 2. The van der Waals surface area contributed by atoms with E-state index in [0.29, 0.717) is 4.83 Å². The van der Waals surface area contributed by atoms with Crippen LogP contribution in [0.3, 0.4) is 0 Å². The Balaban J connectivity index is 3.54. The summed E-state index contributed by atoms with van der Waals surface area (Å²) in [6.45, 7) is 6.38. The molecule has 0 radical (unpaired) electrons. The molecular weight excluding hydrogens is 220 g/mol. The van der Waals surface area contributed by atoms with Crippen molar-refractivity contribution in [3.8, 4) is 0 Å². The molecule has 0 aliphatic heterocycles. The van der Waals surface area contributed by atoms with Crippen molar-refractivity contribution in [2.75, 3.05) is 0 Å². The number of hydrogen-bond donors (Lipinski definition) is 0. The van der Waals surface area contributed by atoms with Crippen LogP contribution in [0.1, 0.15) is 20.8 Å². The number of rotatable bonds is 1. The van der Waals surface area contributed by atoms with Gasteiger partial charge in [-0.15, -0.1) is 0 Å². The van der Waals surface area contributed by atoms with Crippen molar-refractivity contribution in [3.05, 3.63) is 0 Å². The second kappa shape index (κ2) is 2.49. The van der Waals surface area contributed by atoms with E-state index in [9.17, 15) is 0 Å². The summed E-state index contributed by atoms with van der Waals surface area (Å²) in [5.74, 6) is 0. The predicted molar refractivity (Wildman–Crippen MR) is 41.4 cm³/mol. The van der Waals surface area contributed by atoms with Crippen molar-refractivity contribution < 1.29 is 0 Å². The van der Waals surface area contributed by atoms with E-state index in [1.165, 1.54) is 0 Å². The molecule has 0 aliphatic carbocycles. The zero-order valence-electron chi connectivity index (χ0n) is 4.83. The van der Waals surface area contributed by atoms with Gasteiger partial charge in [-0.3, -0.25) is 0 Å². The average Bonchev–Trinajstić information content (AvgIpc) is 1.31. The molecule has 0 aromatic carbocycles. The van der Waals surface area contributed by atoms with E-state index >= 15 is 0 Å². The quantitative estimate of drug-likeness (QED) is 0.607. The summed E-state index contributed by atoms with van der Waals surface area (Å²) < 4.78 is 0.229. The third-order valence-electron chi connectivity index (χ3n) is 0.946.